The van der Waals surface area contributed by atoms with Crippen LogP contribution in [-0.4, -0.2) is 42.8 Å². The fourth-order valence-electron chi connectivity index (χ4n) is 2.09. The molecule has 14 heavy (non-hydrogen) atoms. The van der Waals surface area contributed by atoms with Gasteiger partial charge in [0.1, 0.15) is 0 Å². The molecule has 0 aromatic rings. The number of piperazine rings is 1. The zero-order chi connectivity index (χ0) is 10.1. The molecule has 3 rings (SSSR count). The maximum Gasteiger partial charge on any atom is 0.410 e. The Morgan fingerprint density at radius 1 is 1.50 bits per heavy atom. The Kier molecular flexibility index (Phi) is 2.63. The number of piperidine rings is 1. The lowest BCUT2D eigenvalue weighted by Gasteiger charge is -2.51. The van der Waals surface area contributed by atoms with E-state index >= 15 is 0 Å². The van der Waals surface area contributed by atoms with E-state index in [9.17, 15) is 4.79 Å². The first-order valence-corrected chi connectivity index (χ1v) is 5.34. The van der Waals surface area contributed by atoms with Crippen LogP contribution in [0.5, 0.6) is 0 Å². The van der Waals surface area contributed by atoms with Crippen molar-refractivity contribution in [3.63, 3.8) is 0 Å². The third-order valence-electron chi connectivity index (χ3n) is 2.84. The summed E-state index contributed by atoms with van der Waals surface area (Å²) >= 11 is 0. The molecule has 0 aromatic heterocycles. The van der Waals surface area contributed by atoms with Gasteiger partial charge >= 0.3 is 6.09 Å². The number of hydrogen-bond acceptors (Lipinski definition) is 3. The van der Waals surface area contributed by atoms with Gasteiger partial charge in [-0.15, -0.1) is 0 Å². The summed E-state index contributed by atoms with van der Waals surface area (Å²) in [6, 6.07) is 0.766. The van der Waals surface area contributed by atoms with E-state index in [-0.39, 0.29) is 6.09 Å². The molecule has 1 N–H and O–H groups in total. The Morgan fingerprint density at radius 3 is 2.64 bits per heavy atom. The lowest BCUT2D eigenvalue weighted by atomic mass is 9.89. The largest absolute Gasteiger partial charge is 0.449 e. The molecule has 3 aliphatic heterocycles. The lowest BCUT2D eigenvalue weighted by molar-refractivity contribution is -0.0166. The van der Waals surface area contributed by atoms with Crippen molar-refractivity contribution >= 4 is 6.09 Å². The molecular formula is C10H18N2O2. The minimum Gasteiger partial charge on any atom is -0.449 e. The molecule has 2 bridgehead atoms. The molecule has 2 atom stereocenters. The van der Waals surface area contributed by atoms with Crippen LogP contribution in [0.3, 0.4) is 0 Å². The number of nitrogens with zero attached hydrogens (tertiary/aromatic N) is 1. The number of ether oxygens (including phenoxy) is 1. The molecule has 0 spiro atoms. The molecule has 3 fully saturated rings. The molecule has 4 nitrogen and oxygen atoms in total. The van der Waals surface area contributed by atoms with Crippen LogP contribution in [0.4, 0.5) is 4.79 Å². The van der Waals surface area contributed by atoms with Gasteiger partial charge in [0.15, 0.2) is 0 Å². The van der Waals surface area contributed by atoms with E-state index in [0.29, 0.717) is 24.6 Å². The number of amides is 1. The Labute approximate surface area is 84.6 Å². The molecule has 3 saturated heterocycles. The Balaban J connectivity index is 1.81. The molecule has 0 saturated carbocycles. The molecule has 4 heteroatoms. The predicted molar refractivity (Wildman–Crippen MR) is 53.1 cm³/mol. The first-order chi connectivity index (χ1) is 6.68. The van der Waals surface area contributed by atoms with Crippen molar-refractivity contribution in [2.45, 2.75) is 32.4 Å². The molecule has 2 unspecified atom stereocenters. The normalized spacial score (nSPS) is 30.1. The van der Waals surface area contributed by atoms with E-state index in [1.54, 1.807) is 0 Å². The van der Waals surface area contributed by atoms with Gasteiger partial charge in [0.05, 0.1) is 6.61 Å². The van der Waals surface area contributed by atoms with E-state index in [1.807, 2.05) is 18.7 Å². The Bertz CT molecular complexity index is 216. The molecule has 3 heterocycles. The number of nitrogens with one attached hydrogen (secondary N) is 1. The number of carbonyl (C=O) groups is 1. The maximum atomic E-state index is 11.6. The van der Waals surface area contributed by atoms with Gasteiger partial charge in [-0.3, -0.25) is 4.90 Å². The zero-order valence-corrected chi connectivity index (χ0v) is 8.82. The summed E-state index contributed by atoms with van der Waals surface area (Å²) in [5.74, 6) is 0.415. The summed E-state index contributed by atoms with van der Waals surface area (Å²) in [5, 5.41) is 3.28. The highest BCUT2D eigenvalue weighted by molar-refractivity contribution is 5.70. The highest BCUT2D eigenvalue weighted by Crippen LogP contribution is 2.28. The topological polar surface area (TPSA) is 41.6 Å². The molecule has 0 aliphatic carbocycles. The lowest BCUT2D eigenvalue weighted by Crippen LogP contribution is -2.69. The molecule has 80 valence electrons. The van der Waals surface area contributed by atoms with Crippen LogP contribution in [0.15, 0.2) is 0 Å². The van der Waals surface area contributed by atoms with E-state index in [2.05, 4.69) is 5.32 Å². The summed E-state index contributed by atoms with van der Waals surface area (Å²) in [7, 11) is 0. The fourth-order valence-corrected chi connectivity index (χ4v) is 2.09. The van der Waals surface area contributed by atoms with Crippen molar-refractivity contribution in [2.75, 3.05) is 19.7 Å². The van der Waals surface area contributed by atoms with Crippen LogP contribution in [0.25, 0.3) is 0 Å². The summed E-state index contributed by atoms with van der Waals surface area (Å²) in [6.45, 7) is 6.47. The van der Waals surface area contributed by atoms with Gasteiger partial charge in [-0.05, 0) is 12.3 Å². The van der Waals surface area contributed by atoms with Crippen molar-refractivity contribution in [2.24, 2.45) is 5.92 Å². The highest BCUT2D eigenvalue weighted by atomic mass is 16.6. The van der Waals surface area contributed by atoms with Crippen molar-refractivity contribution in [1.29, 1.82) is 0 Å². The second kappa shape index (κ2) is 3.77. The number of carbonyl (C=O) groups excluding carboxylic acids is 1. The molecule has 3 aliphatic rings. The summed E-state index contributed by atoms with van der Waals surface area (Å²) in [5.41, 5.74) is 0. The molecule has 0 radical (unpaired) electrons. The smallest absolute Gasteiger partial charge is 0.410 e. The standard InChI is InChI=1S/C10H18N2O2/c1-7(2)6-14-10(13)12-8-3-9(12)5-11-4-8/h7-9,11H,3-6H2,1-2H3. The molecular weight excluding hydrogens is 180 g/mol. The van der Waals surface area contributed by atoms with Crippen molar-refractivity contribution in [3.8, 4) is 0 Å². The van der Waals surface area contributed by atoms with E-state index in [0.717, 1.165) is 19.5 Å². The third kappa shape index (κ3) is 1.71. The summed E-state index contributed by atoms with van der Waals surface area (Å²) < 4.78 is 5.20. The van der Waals surface area contributed by atoms with E-state index in [1.165, 1.54) is 0 Å². The summed E-state index contributed by atoms with van der Waals surface area (Å²) in [6.07, 6.45) is 1.02. The number of rotatable bonds is 2. The van der Waals surface area contributed by atoms with Crippen LogP contribution < -0.4 is 5.32 Å². The molecule has 0 aromatic carbocycles. The van der Waals surface area contributed by atoms with Gasteiger partial charge < -0.3 is 10.1 Å². The summed E-state index contributed by atoms with van der Waals surface area (Å²) in [4.78, 5) is 13.5. The van der Waals surface area contributed by atoms with Crippen LogP contribution in [-0.2, 0) is 4.74 Å². The van der Waals surface area contributed by atoms with E-state index in [4.69, 9.17) is 4.74 Å². The fraction of sp³-hybridized carbons (Fsp3) is 0.900. The third-order valence-corrected chi connectivity index (χ3v) is 2.84. The van der Waals surface area contributed by atoms with Crippen LogP contribution in [0.2, 0.25) is 0 Å². The van der Waals surface area contributed by atoms with Gasteiger partial charge in [-0.2, -0.15) is 0 Å². The monoisotopic (exact) mass is 198 g/mol. The van der Waals surface area contributed by atoms with Crippen LogP contribution in [0.1, 0.15) is 20.3 Å². The zero-order valence-electron chi connectivity index (χ0n) is 8.82. The van der Waals surface area contributed by atoms with Crippen molar-refractivity contribution < 1.29 is 9.53 Å². The highest BCUT2D eigenvalue weighted by Gasteiger charge is 2.45. The van der Waals surface area contributed by atoms with Crippen LogP contribution in [0, 0.1) is 5.92 Å². The average molecular weight is 198 g/mol. The Morgan fingerprint density at radius 2 is 2.14 bits per heavy atom. The second-order valence-corrected chi connectivity index (χ2v) is 4.58. The van der Waals surface area contributed by atoms with Crippen LogP contribution >= 0.6 is 0 Å². The number of hydrogen-bond donors (Lipinski definition) is 1. The van der Waals surface area contributed by atoms with Gasteiger partial charge in [0.2, 0.25) is 0 Å². The SMILES string of the molecule is CC(C)COC(=O)N1C2CNCC1C2. The van der Waals surface area contributed by atoms with Gasteiger partial charge in [0.25, 0.3) is 0 Å². The first kappa shape index (κ1) is 9.77. The Hall–Kier alpha value is -0.770. The van der Waals surface area contributed by atoms with Gasteiger partial charge in [-0.25, -0.2) is 4.79 Å². The van der Waals surface area contributed by atoms with Gasteiger partial charge in [0, 0.05) is 25.2 Å². The first-order valence-electron chi connectivity index (χ1n) is 5.34. The quantitative estimate of drug-likeness (QED) is 0.714. The maximum absolute atomic E-state index is 11.6. The predicted octanol–water partition coefficient (Wildman–Crippen LogP) is 0.825. The van der Waals surface area contributed by atoms with E-state index < -0.39 is 0 Å². The average Bonchev–Trinajstić information content (AvgIpc) is 2.16. The minimum atomic E-state index is -0.124. The van der Waals surface area contributed by atoms with Crippen molar-refractivity contribution in [3.05, 3.63) is 0 Å². The van der Waals surface area contributed by atoms with Gasteiger partial charge in [-0.1, -0.05) is 13.8 Å². The minimum absolute atomic E-state index is 0.124. The van der Waals surface area contributed by atoms with Crippen molar-refractivity contribution in [1.82, 2.24) is 10.2 Å². The second-order valence-electron chi connectivity index (χ2n) is 4.58. The number of fused-ring (bicyclic) bond motifs is 2. The molecule has 1 amide bonds.